The number of benzene rings is 1. The number of aromatic nitrogens is 1. The van der Waals surface area contributed by atoms with Crippen LogP contribution in [0.1, 0.15) is 29.8 Å². The van der Waals surface area contributed by atoms with Gasteiger partial charge >= 0.3 is 5.97 Å². The Morgan fingerprint density at radius 1 is 1.33 bits per heavy atom. The fourth-order valence-electron chi connectivity index (χ4n) is 2.12. The van der Waals surface area contributed by atoms with E-state index in [1.807, 2.05) is 25.1 Å². The van der Waals surface area contributed by atoms with Crippen LogP contribution in [0.25, 0.3) is 10.9 Å². The Morgan fingerprint density at radius 2 is 2.06 bits per heavy atom. The standard InChI is InChI=1S/C14H15NO3/c1-3-10-4-5-13-11(6-10)12(9(2)16)7-15(13)8-14(17)18/h4-7H,3,8H2,1-2H3,(H,17,18). The van der Waals surface area contributed by atoms with Crippen LogP contribution >= 0.6 is 0 Å². The van der Waals surface area contributed by atoms with Crippen LogP contribution in [0.15, 0.2) is 24.4 Å². The number of hydrogen-bond donors (Lipinski definition) is 1. The molecule has 0 atom stereocenters. The monoisotopic (exact) mass is 245 g/mol. The largest absolute Gasteiger partial charge is 0.480 e. The van der Waals surface area contributed by atoms with Crippen molar-refractivity contribution in [3.8, 4) is 0 Å². The van der Waals surface area contributed by atoms with Crippen molar-refractivity contribution in [1.82, 2.24) is 4.57 Å². The lowest BCUT2D eigenvalue weighted by molar-refractivity contribution is -0.137. The molecule has 1 aromatic heterocycles. The molecule has 0 bridgehead atoms. The van der Waals surface area contributed by atoms with Crippen molar-refractivity contribution in [3.05, 3.63) is 35.5 Å². The van der Waals surface area contributed by atoms with Gasteiger partial charge in [-0.15, -0.1) is 0 Å². The second-order valence-corrected chi connectivity index (χ2v) is 4.33. The van der Waals surface area contributed by atoms with E-state index < -0.39 is 5.97 Å². The zero-order valence-corrected chi connectivity index (χ0v) is 10.4. The van der Waals surface area contributed by atoms with Gasteiger partial charge in [-0.05, 0) is 31.0 Å². The summed E-state index contributed by atoms with van der Waals surface area (Å²) < 4.78 is 1.60. The Bertz CT molecular complexity index is 625. The third-order valence-electron chi connectivity index (χ3n) is 3.04. The van der Waals surface area contributed by atoms with Crippen molar-refractivity contribution in [1.29, 1.82) is 0 Å². The van der Waals surface area contributed by atoms with Crippen LogP contribution in [0, 0.1) is 0 Å². The number of carbonyl (C=O) groups is 2. The second-order valence-electron chi connectivity index (χ2n) is 4.33. The van der Waals surface area contributed by atoms with Gasteiger partial charge in [0.1, 0.15) is 6.54 Å². The molecule has 94 valence electrons. The number of carboxylic acid groups (broad SMARTS) is 1. The highest BCUT2D eigenvalue weighted by atomic mass is 16.4. The molecule has 0 saturated heterocycles. The maximum absolute atomic E-state index is 11.6. The van der Waals surface area contributed by atoms with E-state index in [0.29, 0.717) is 5.56 Å². The van der Waals surface area contributed by atoms with Gasteiger partial charge in [-0.1, -0.05) is 13.0 Å². The smallest absolute Gasteiger partial charge is 0.323 e. The molecule has 0 spiro atoms. The topological polar surface area (TPSA) is 59.3 Å². The Kier molecular flexibility index (Phi) is 3.19. The van der Waals surface area contributed by atoms with Gasteiger partial charge in [-0.25, -0.2) is 0 Å². The molecule has 1 heterocycles. The molecule has 0 radical (unpaired) electrons. The van der Waals surface area contributed by atoms with E-state index in [1.165, 1.54) is 6.92 Å². The molecule has 0 saturated carbocycles. The van der Waals surface area contributed by atoms with Crippen LogP contribution in [-0.2, 0) is 17.8 Å². The van der Waals surface area contributed by atoms with Gasteiger partial charge in [0.15, 0.2) is 5.78 Å². The summed E-state index contributed by atoms with van der Waals surface area (Å²) in [6, 6.07) is 5.80. The van der Waals surface area contributed by atoms with Gasteiger partial charge in [-0.2, -0.15) is 0 Å². The minimum Gasteiger partial charge on any atom is -0.480 e. The first-order valence-electron chi connectivity index (χ1n) is 5.87. The van der Waals surface area contributed by atoms with E-state index in [1.54, 1.807) is 10.8 Å². The lowest BCUT2D eigenvalue weighted by Crippen LogP contribution is -2.07. The number of hydrogen-bond acceptors (Lipinski definition) is 2. The van der Waals surface area contributed by atoms with Crippen molar-refractivity contribution in [2.75, 3.05) is 0 Å². The van der Waals surface area contributed by atoms with Crippen molar-refractivity contribution in [2.45, 2.75) is 26.8 Å². The van der Waals surface area contributed by atoms with E-state index in [4.69, 9.17) is 5.11 Å². The molecule has 1 aromatic carbocycles. The first-order valence-corrected chi connectivity index (χ1v) is 5.87. The molecular formula is C14H15NO3. The molecule has 2 aromatic rings. The summed E-state index contributed by atoms with van der Waals surface area (Å²) in [5, 5.41) is 9.71. The first kappa shape index (κ1) is 12.4. The molecule has 0 aliphatic carbocycles. The Hall–Kier alpha value is -2.10. The van der Waals surface area contributed by atoms with Crippen LogP contribution in [-0.4, -0.2) is 21.4 Å². The fraction of sp³-hybridized carbons (Fsp3) is 0.286. The summed E-state index contributed by atoms with van der Waals surface area (Å²) in [6.07, 6.45) is 2.51. The maximum atomic E-state index is 11.6. The zero-order valence-electron chi connectivity index (χ0n) is 10.4. The van der Waals surface area contributed by atoms with E-state index in [2.05, 4.69) is 0 Å². The third kappa shape index (κ3) is 2.14. The van der Waals surface area contributed by atoms with Gasteiger partial charge in [0.2, 0.25) is 0 Å². The van der Waals surface area contributed by atoms with Crippen LogP contribution < -0.4 is 0 Å². The summed E-state index contributed by atoms with van der Waals surface area (Å²) in [6.45, 7) is 3.41. The first-order chi connectivity index (χ1) is 8.52. The summed E-state index contributed by atoms with van der Waals surface area (Å²) in [5.74, 6) is -0.959. The normalized spacial score (nSPS) is 10.8. The molecule has 4 heteroatoms. The third-order valence-corrected chi connectivity index (χ3v) is 3.04. The summed E-state index contributed by atoms with van der Waals surface area (Å²) in [5.41, 5.74) is 2.51. The molecule has 0 fully saturated rings. The highest BCUT2D eigenvalue weighted by Crippen LogP contribution is 2.23. The fourth-order valence-corrected chi connectivity index (χ4v) is 2.12. The van der Waals surface area contributed by atoms with E-state index in [0.717, 1.165) is 22.9 Å². The van der Waals surface area contributed by atoms with Crippen LogP contribution in [0.2, 0.25) is 0 Å². The van der Waals surface area contributed by atoms with Gasteiger partial charge in [0.05, 0.1) is 0 Å². The molecule has 0 unspecified atom stereocenters. The number of nitrogens with zero attached hydrogens (tertiary/aromatic N) is 1. The number of carbonyl (C=O) groups excluding carboxylic acids is 1. The average molecular weight is 245 g/mol. The van der Waals surface area contributed by atoms with E-state index in [9.17, 15) is 9.59 Å². The van der Waals surface area contributed by atoms with E-state index >= 15 is 0 Å². The maximum Gasteiger partial charge on any atom is 0.323 e. The van der Waals surface area contributed by atoms with Crippen LogP contribution in [0.4, 0.5) is 0 Å². The molecule has 2 rings (SSSR count). The highest BCUT2D eigenvalue weighted by Gasteiger charge is 2.13. The molecule has 0 aliphatic rings. The molecule has 0 aliphatic heterocycles. The number of Topliss-reactive ketones (excluding diaryl/α,β-unsaturated/α-hetero) is 1. The molecular weight excluding hydrogens is 230 g/mol. The minimum atomic E-state index is -0.915. The number of ketones is 1. The molecule has 4 nitrogen and oxygen atoms in total. The quantitative estimate of drug-likeness (QED) is 0.842. The average Bonchev–Trinajstić information content (AvgIpc) is 2.66. The van der Waals surface area contributed by atoms with Gasteiger partial charge in [-0.3, -0.25) is 9.59 Å². The summed E-state index contributed by atoms with van der Waals surface area (Å²) >= 11 is 0. The summed E-state index contributed by atoms with van der Waals surface area (Å²) in [4.78, 5) is 22.4. The molecule has 0 amide bonds. The summed E-state index contributed by atoms with van der Waals surface area (Å²) in [7, 11) is 0. The number of fused-ring (bicyclic) bond motifs is 1. The number of aryl methyl sites for hydroxylation is 1. The Balaban J connectivity index is 2.67. The van der Waals surface area contributed by atoms with Crippen molar-refractivity contribution < 1.29 is 14.7 Å². The van der Waals surface area contributed by atoms with Gasteiger partial charge < -0.3 is 9.67 Å². The lowest BCUT2D eigenvalue weighted by Gasteiger charge is -2.02. The SMILES string of the molecule is CCc1ccc2c(c1)c(C(C)=O)cn2CC(=O)O. The van der Waals surface area contributed by atoms with Gasteiger partial charge in [0, 0.05) is 22.7 Å². The highest BCUT2D eigenvalue weighted by molar-refractivity contribution is 6.07. The second kappa shape index (κ2) is 4.64. The lowest BCUT2D eigenvalue weighted by atomic mass is 10.1. The number of aliphatic carboxylic acids is 1. The van der Waals surface area contributed by atoms with E-state index in [-0.39, 0.29) is 12.3 Å². The Morgan fingerprint density at radius 3 is 2.61 bits per heavy atom. The van der Waals surface area contributed by atoms with Crippen LogP contribution in [0.5, 0.6) is 0 Å². The van der Waals surface area contributed by atoms with Crippen molar-refractivity contribution in [3.63, 3.8) is 0 Å². The Labute approximate surface area is 105 Å². The number of rotatable bonds is 4. The molecule has 18 heavy (non-hydrogen) atoms. The number of carboxylic acids is 1. The zero-order chi connectivity index (χ0) is 13.3. The van der Waals surface area contributed by atoms with Crippen LogP contribution in [0.3, 0.4) is 0 Å². The predicted octanol–water partition coefficient (Wildman–Crippen LogP) is 2.49. The minimum absolute atomic E-state index is 0.0441. The van der Waals surface area contributed by atoms with Gasteiger partial charge in [0.25, 0.3) is 0 Å². The predicted molar refractivity (Wildman–Crippen MR) is 69.0 cm³/mol. The van der Waals surface area contributed by atoms with Crippen molar-refractivity contribution >= 4 is 22.7 Å². The van der Waals surface area contributed by atoms with Crippen molar-refractivity contribution in [2.24, 2.45) is 0 Å². The molecule has 1 N–H and O–H groups in total.